The number of carbonyl (C=O) groups is 1. The molecule has 3 aromatic rings. The molecule has 33 heavy (non-hydrogen) atoms. The van der Waals surface area contributed by atoms with Crippen molar-refractivity contribution in [3.05, 3.63) is 54.9 Å². The van der Waals surface area contributed by atoms with Gasteiger partial charge in [-0.25, -0.2) is 15.0 Å². The second kappa shape index (κ2) is 11.4. The van der Waals surface area contributed by atoms with Crippen molar-refractivity contribution in [1.29, 1.82) is 0 Å². The van der Waals surface area contributed by atoms with Crippen molar-refractivity contribution in [2.45, 2.75) is 12.8 Å². The summed E-state index contributed by atoms with van der Waals surface area (Å²) >= 11 is 0. The number of anilines is 3. The summed E-state index contributed by atoms with van der Waals surface area (Å²) in [6.07, 6.45) is 4.73. The second-order valence-corrected chi connectivity index (χ2v) is 7.86. The van der Waals surface area contributed by atoms with Gasteiger partial charge in [0.25, 0.3) is 0 Å². The first-order valence-electron chi connectivity index (χ1n) is 11.2. The Kier molecular flexibility index (Phi) is 7.89. The highest BCUT2D eigenvalue weighted by molar-refractivity contribution is 5.80. The Labute approximate surface area is 193 Å². The van der Waals surface area contributed by atoms with Crippen LogP contribution in [-0.4, -0.2) is 77.1 Å². The van der Waals surface area contributed by atoms with Crippen LogP contribution in [0.25, 0.3) is 11.4 Å². The normalized spacial score (nSPS) is 14.1. The lowest BCUT2D eigenvalue weighted by Gasteiger charge is -2.25. The first-order valence-corrected chi connectivity index (χ1v) is 11.2. The molecule has 0 amide bonds. The number of morpholine rings is 1. The topological polar surface area (TPSA) is 96.4 Å². The van der Waals surface area contributed by atoms with Crippen LogP contribution in [0.2, 0.25) is 0 Å². The molecule has 1 aromatic carbocycles. The fraction of sp³-hybridized carbons (Fsp3) is 0.375. The molecule has 4 rings (SSSR count). The van der Waals surface area contributed by atoms with Crippen molar-refractivity contribution >= 4 is 23.4 Å². The van der Waals surface area contributed by atoms with Crippen LogP contribution in [-0.2, 0) is 9.53 Å². The van der Waals surface area contributed by atoms with E-state index in [0.717, 1.165) is 30.9 Å². The highest BCUT2D eigenvalue weighted by atomic mass is 16.5. The molecule has 1 fully saturated rings. The van der Waals surface area contributed by atoms with E-state index >= 15 is 0 Å². The highest BCUT2D eigenvalue weighted by Crippen LogP contribution is 2.22. The van der Waals surface area contributed by atoms with Crippen LogP contribution in [0.4, 0.5) is 17.6 Å². The summed E-state index contributed by atoms with van der Waals surface area (Å²) in [6.45, 7) is 4.21. The molecule has 1 saturated heterocycles. The van der Waals surface area contributed by atoms with Crippen LogP contribution in [0.15, 0.2) is 54.9 Å². The lowest BCUT2D eigenvalue weighted by Crippen LogP contribution is -2.39. The van der Waals surface area contributed by atoms with E-state index in [2.05, 4.69) is 30.2 Å². The molecule has 0 spiro atoms. The number of aromatic nitrogens is 4. The number of ether oxygens (including phenoxy) is 1. The molecule has 0 saturated carbocycles. The molecule has 1 N–H and O–H groups in total. The zero-order valence-electron chi connectivity index (χ0n) is 18.9. The first-order chi connectivity index (χ1) is 16.2. The maximum atomic E-state index is 12.2. The SMILES string of the molecule is CN(c1ccnc(NCCCC(=O)CN2CCOCC2)n1)c1ccnc(-c2ccccc2)n1. The lowest BCUT2D eigenvalue weighted by molar-refractivity contribution is -0.121. The smallest absolute Gasteiger partial charge is 0.224 e. The third-order valence-electron chi connectivity index (χ3n) is 5.42. The molecule has 172 valence electrons. The van der Waals surface area contributed by atoms with Crippen LogP contribution in [0, 0.1) is 0 Å². The summed E-state index contributed by atoms with van der Waals surface area (Å²) < 4.78 is 5.32. The van der Waals surface area contributed by atoms with Crippen LogP contribution >= 0.6 is 0 Å². The number of rotatable bonds is 10. The molecular weight excluding hydrogens is 418 g/mol. The predicted molar refractivity (Wildman–Crippen MR) is 128 cm³/mol. The standard InChI is InChI=1S/C24H29N7O2/c1-30(21-9-12-25-23(28-21)19-6-3-2-4-7-19)22-10-13-27-24(29-22)26-11-5-8-20(32)18-31-14-16-33-17-15-31/h2-4,6-7,9-10,12-13H,5,8,11,14-18H2,1H3,(H,26,27,29). The van der Waals surface area contributed by atoms with E-state index < -0.39 is 0 Å². The summed E-state index contributed by atoms with van der Waals surface area (Å²) in [4.78, 5) is 34.2. The fourth-order valence-corrected chi connectivity index (χ4v) is 3.57. The third-order valence-corrected chi connectivity index (χ3v) is 5.42. The Morgan fingerprint density at radius 3 is 2.55 bits per heavy atom. The number of ketones is 1. The van der Waals surface area contributed by atoms with Crippen LogP contribution in [0.1, 0.15) is 12.8 Å². The number of nitrogens with zero attached hydrogens (tertiary/aromatic N) is 6. The lowest BCUT2D eigenvalue weighted by atomic mass is 10.2. The zero-order chi connectivity index (χ0) is 22.9. The van der Waals surface area contributed by atoms with E-state index in [-0.39, 0.29) is 5.78 Å². The van der Waals surface area contributed by atoms with Gasteiger partial charge in [0.05, 0.1) is 19.8 Å². The number of benzene rings is 1. The highest BCUT2D eigenvalue weighted by Gasteiger charge is 2.14. The molecule has 9 nitrogen and oxygen atoms in total. The van der Waals surface area contributed by atoms with Gasteiger partial charge in [-0.05, 0) is 18.6 Å². The average Bonchev–Trinajstić information content (AvgIpc) is 2.87. The van der Waals surface area contributed by atoms with Gasteiger partial charge < -0.3 is 15.0 Å². The van der Waals surface area contributed by atoms with Crippen LogP contribution in [0.5, 0.6) is 0 Å². The minimum Gasteiger partial charge on any atom is -0.379 e. The van der Waals surface area contributed by atoms with Gasteiger partial charge in [0, 0.05) is 51.1 Å². The van der Waals surface area contributed by atoms with Gasteiger partial charge in [-0.1, -0.05) is 30.3 Å². The van der Waals surface area contributed by atoms with E-state index in [1.54, 1.807) is 12.4 Å². The van der Waals surface area contributed by atoms with E-state index in [4.69, 9.17) is 4.74 Å². The number of hydrogen-bond acceptors (Lipinski definition) is 9. The van der Waals surface area contributed by atoms with E-state index in [1.165, 1.54) is 0 Å². The summed E-state index contributed by atoms with van der Waals surface area (Å²) in [5.74, 6) is 2.90. The molecule has 0 radical (unpaired) electrons. The van der Waals surface area contributed by atoms with E-state index in [0.29, 0.717) is 50.3 Å². The molecule has 0 aliphatic carbocycles. The maximum Gasteiger partial charge on any atom is 0.224 e. The Morgan fingerprint density at radius 1 is 1.03 bits per heavy atom. The van der Waals surface area contributed by atoms with Gasteiger partial charge in [0.2, 0.25) is 5.95 Å². The van der Waals surface area contributed by atoms with Gasteiger partial charge in [-0.2, -0.15) is 4.98 Å². The molecule has 9 heteroatoms. The van der Waals surface area contributed by atoms with Crippen molar-refractivity contribution in [3.63, 3.8) is 0 Å². The van der Waals surface area contributed by atoms with Crippen molar-refractivity contribution in [2.24, 2.45) is 0 Å². The third kappa shape index (κ3) is 6.53. The second-order valence-electron chi connectivity index (χ2n) is 7.86. The van der Waals surface area contributed by atoms with E-state index in [9.17, 15) is 4.79 Å². The molecule has 1 aliphatic rings. The number of nitrogens with one attached hydrogen (secondary N) is 1. The minimum atomic E-state index is 0.256. The molecule has 0 unspecified atom stereocenters. The predicted octanol–water partition coefficient (Wildman–Crippen LogP) is 2.79. The van der Waals surface area contributed by atoms with Crippen molar-refractivity contribution in [2.75, 3.05) is 56.7 Å². The largest absolute Gasteiger partial charge is 0.379 e. The molecule has 3 heterocycles. The van der Waals surface area contributed by atoms with Crippen molar-refractivity contribution in [3.8, 4) is 11.4 Å². The van der Waals surface area contributed by atoms with Gasteiger partial charge in [-0.3, -0.25) is 9.69 Å². The number of carbonyl (C=O) groups excluding carboxylic acids is 1. The summed E-state index contributed by atoms with van der Waals surface area (Å²) in [5, 5.41) is 3.22. The van der Waals surface area contributed by atoms with Crippen LogP contribution < -0.4 is 10.2 Å². The molecule has 1 aliphatic heterocycles. The summed E-state index contributed by atoms with van der Waals surface area (Å²) in [7, 11) is 1.91. The summed E-state index contributed by atoms with van der Waals surface area (Å²) in [5.41, 5.74) is 0.959. The van der Waals surface area contributed by atoms with Crippen LogP contribution in [0.3, 0.4) is 0 Å². The first kappa shape index (κ1) is 22.8. The summed E-state index contributed by atoms with van der Waals surface area (Å²) in [6, 6.07) is 13.5. The quantitative estimate of drug-likeness (QED) is 0.471. The Bertz CT molecular complexity index is 1040. The van der Waals surface area contributed by atoms with Gasteiger partial charge in [0.15, 0.2) is 5.82 Å². The fourth-order valence-electron chi connectivity index (χ4n) is 3.57. The Balaban J connectivity index is 1.30. The Morgan fingerprint density at radius 2 is 1.76 bits per heavy atom. The molecule has 0 atom stereocenters. The zero-order valence-corrected chi connectivity index (χ0v) is 18.9. The maximum absolute atomic E-state index is 12.2. The average molecular weight is 448 g/mol. The molecular formula is C24H29N7O2. The van der Waals surface area contributed by atoms with Gasteiger partial charge >= 0.3 is 0 Å². The minimum absolute atomic E-state index is 0.256. The Hall–Kier alpha value is -3.43. The monoisotopic (exact) mass is 447 g/mol. The van der Waals surface area contributed by atoms with Crippen molar-refractivity contribution in [1.82, 2.24) is 24.8 Å². The molecule has 2 aromatic heterocycles. The number of hydrogen-bond donors (Lipinski definition) is 1. The van der Waals surface area contributed by atoms with E-state index in [1.807, 2.05) is 54.4 Å². The number of Topliss-reactive ketones (excluding diaryl/α,β-unsaturated/α-hetero) is 1. The van der Waals surface area contributed by atoms with Crippen molar-refractivity contribution < 1.29 is 9.53 Å². The van der Waals surface area contributed by atoms with Gasteiger partial charge in [-0.15, -0.1) is 0 Å². The molecule has 0 bridgehead atoms. The van der Waals surface area contributed by atoms with Gasteiger partial charge in [0.1, 0.15) is 17.4 Å².